The van der Waals surface area contributed by atoms with Crippen LogP contribution in [0.2, 0.25) is 0 Å². The maximum Gasteiger partial charge on any atom is 0.257 e. The molecule has 11 nitrogen and oxygen atoms in total. The van der Waals surface area contributed by atoms with Crippen LogP contribution in [0.1, 0.15) is 10.4 Å². The van der Waals surface area contributed by atoms with E-state index in [4.69, 9.17) is 14.2 Å². The number of hydrogen-bond acceptors (Lipinski definition) is 9. The van der Waals surface area contributed by atoms with Crippen LogP contribution in [0, 0.1) is 0 Å². The minimum atomic E-state index is -0.0811. The Hall–Kier alpha value is -4.41. The van der Waals surface area contributed by atoms with E-state index in [1.165, 1.54) is 6.33 Å². The third-order valence-electron chi connectivity index (χ3n) is 6.04. The van der Waals surface area contributed by atoms with Crippen molar-refractivity contribution in [3.63, 3.8) is 0 Å². The third-order valence-corrected chi connectivity index (χ3v) is 6.04. The Morgan fingerprint density at radius 2 is 1.57 bits per heavy atom. The van der Waals surface area contributed by atoms with Crippen LogP contribution < -0.4 is 19.1 Å². The van der Waals surface area contributed by atoms with Gasteiger partial charge in [-0.25, -0.2) is 9.97 Å². The van der Waals surface area contributed by atoms with E-state index in [2.05, 4.69) is 25.2 Å². The molecule has 1 aliphatic rings. The van der Waals surface area contributed by atoms with Crippen LogP contribution in [0.15, 0.2) is 48.8 Å². The van der Waals surface area contributed by atoms with Crippen molar-refractivity contribution in [1.82, 2.24) is 29.9 Å². The zero-order chi connectivity index (χ0) is 24.4. The van der Waals surface area contributed by atoms with Crippen LogP contribution in [0.5, 0.6) is 17.2 Å². The Labute approximate surface area is 201 Å². The average molecular weight is 476 g/mol. The zero-order valence-corrected chi connectivity index (χ0v) is 19.7. The van der Waals surface area contributed by atoms with E-state index in [1.807, 2.05) is 29.2 Å². The molecule has 1 saturated heterocycles. The molecule has 1 fully saturated rings. The number of rotatable bonds is 6. The number of methoxy groups -OCH3 is 3. The highest BCUT2D eigenvalue weighted by atomic mass is 16.5. The van der Waals surface area contributed by atoms with Gasteiger partial charge in [-0.1, -0.05) is 5.21 Å². The van der Waals surface area contributed by atoms with Gasteiger partial charge in [-0.3, -0.25) is 4.79 Å². The van der Waals surface area contributed by atoms with Crippen molar-refractivity contribution in [2.24, 2.45) is 0 Å². The lowest BCUT2D eigenvalue weighted by atomic mass is 10.1. The number of fused-ring (bicyclic) bond motifs is 1. The SMILES string of the molecule is COc1ccc(-n2nnc3c(N4CCN(C(=O)c5ccc(OC)cc5OC)CC4)ncnc32)cc1. The van der Waals surface area contributed by atoms with Crippen molar-refractivity contribution < 1.29 is 19.0 Å². The molecule has 4 aromatic rings. The highest BCUT2D eigenvalue weighted by molar-refractivity contribution is 5.97. The number of benzene rings is 2. The Morgan fingerprint density at radius 1 is 0.857 bits per heavy atom. The van der Waals surface area contributed by atoms with Crippen molar-refractivity contribution in [3.8, 4) is 22.9 Å². The van der Waals surface area contributed by atoms with Crippen LogP contribution in [0.4, 0.5) is 5.82 Å². The summed E-state index contributed by atoms with van der Waals surface area (Å²) in [5, 5.41) is 8.66. The first-order valence-electron chi connectivity index (χ1n) is 11.1. The fourth-order valence-corrected chi connectivity index (χ4v) is 4.13. The van der Waals surface area contributed by atoms with Gasteiger partial charge in [0.05, 0.1) is 32.6 Å². The molecule has 180 valence electrons. The van der Waals surface area contributed by atoms with Crippen molar-refractivity contribution in [3.05, 3.63) is 54.4 Å². The summed E-state index contributed by atoms with van der Waals surface area (Å²) in [6, 6.07) is 12.7. The Morgan fingerprint density at radius 3 is 2.26 bits per heavy atom. The van der Waals surface area contributed by atoms with Gasteiger partial charge in [-0.05, 0) is 36.4 Å². The number of carbonyl (C=O) groups excluding carboxylic acids is 1. The van der Waals surface area contributed by atoms with Crippen molar-refractivity contribution >= 4 is 22.9 Å². The summed E-state index contributed by atoms with van der Waals surface area (Å²) in [7, 11) is 4.75. The van der Waals surface area contributed by atoms with Gasteiger partial charge in [0.1, 0.15) is 23.6 Å². The highest BCUT2D eigenvalue weighted by Crippen LogP contribution is 2.28. The van der Waals surface area contributed by atoms with Crippen LogP contribution >= 0.6 is 0 Å². The molecule has 0 spiro atoms. The minimum absolute atomic E-state index is 0.0811. The number of aromatic nitrogens is 5. The molecular formula is C24H25N7O4. The summed E-state index contributed by atoms with van der Waals surface area (Å²) in [5.41, 5.74) is 2.55. The normalized spacial score (nSPS) is 13.7. The number of amides is 1. The number of anilines is 1. The largest absolute Gasteiger partial charge is 0.497 e. The number of carbonyl (C=O) groups is 1. The molecule has 1 aliphatic heterocycles. The molecule has 2 aromatic carbocycles. The van der Waals surface area contributed by atoms with E-state index in [9.17, 15) is 4.79 Å². The second-order valence-corrected chi connectivity index (χ2v) is 7.91. The molecule has 0 bridgehead atoms. The fourth-order valence-electron chi connectivity index (χ4n) is 4.13. The quantitative estimate of drug-likeness (QED) is 0.415. The third kappa shape index (κ3) is 4.16. The molecular weight excluding hydrogens is 450 g/mol. The van der Waals surface area contributed by atoms with Crippen LogP contribution in [-0.4, -0.2) is 83.3 Å². The standard InChI is InChI=1S/C24H25N7O4/c1-33-17-6-4-16(5-7-17)31-23-21(27-28-31)22(25-15-26-23)29-10-12-30(13-11-29)24(32)19-9-8-18(34-2)14-20(19)35-3/h4-9,14-15H,10-13H2,1-3H3. The summed E-state index contributed by atoms with van der Waals surface area (Å²) >= 11 is 0. The van der Waals surface area contributed by atoms with Gasteiger partial charge < -0.3 is 24.0 Å². The van der Waals surface area contributed by atoms with E-state index < -0.39 is 0 Å². The lowest BCUT2D eigenvalue weighted by Crippen LogP contribution is -2.49. The molecule has 35 heavy (non-hydrogen) atoms. The van der Waals surface area contributed by atoms with Crippen LogP contribution in [0.3, 0.4) is 0 Å². The molecule has 0 unspecified atom stereocenters. The molecule has 2 aromatic heterocycles. The van der Waals surface area contributed by atoms with Gasteiger partial charge in [-0.2, -0.15) is 4.68 Å². The monoisotopic (exact) mass is 475 g/mol. The number of hydrogen-bond donors (Lipinski definition) is 0. The smallest absolute Gasteiger partial charge is 0.257 e. The predicted molar refractivity (Wildman–Crippen MR) is 129 cm³/mol. The number of ether oxygens (including phenoxy) is 3. The highest BCUT2D eigenvalue weighted by Gasteiger charge is 2.27. The number of nitrogens with zero attached hydrogens (tertiary/aromatic N) is 7. The van der Waals surface area contributed by atoms with E-state index in [1.54, 1.807) is 44.2 Å². The molecule has 5 rings (SSSR count). The second kappa shape index (κ2) is 9.45. The molecule has 0 atom stereocenters. The second-order valence-electron chi connectivity index (χ2n) is 7.91. The van der Waals surface area contributed by atoms with E-state index in [0.29, 0.717) is 60.2 Å². The van der Waals surface area contributed by atoms with E-state index >= 15 is 0 Å². The summed E-state index contributed by atoms with van der Waals surface area (Å²) in [6.07, 6.45) is 1.51. The Kier molecular flexibility index (Phi) is 6.04. The van der Waals surface area contributed by atoms with E-state index in [0.717, 1.165) is 11.4 Å². The molecule has 0 N–H and O–H groups in total. The molecule has 0 aliphatic carbocycles. The van der Waals surface area contributed by atoms with Gasteiger partial charge in [-0.15, -0.1) is 5.10 Å². The van der Waals surface area contributed by atoms with Crippen molar-refractivity contribution in [1.29, 1.82) is 0 Å². The summed E-state index contributed by atoms with van der Waals surface area (Å²) in [4.78, 5) is 26.0. The summed E-state index contributed by atoms with van der Waals surface area (Å²) in [5.74, 6) is 2.50. The minimum Gasteiger partial charge on any atom is -0.497 e. The van der Waals surface area contributed by atoms with Crippen molar-refractivity contribution in [2.45, 2.75) is 0 Å². The maximum absolute atomic E-state index is 13.2. The van der Waals surface area contributed by atoms with Gasteiger partial charge in [0, 0.05) is 32.2 Å². The van der Waals surface area contributed by atoms with E-state index in [-0.39, 0.29) is 5.91 Å². The van der Waals surface area contributed by atoms with Gasteiger partial charge in [0.25, 0.3) is 5.91 Å². The maximum atomic E-state index is 13.2. The fraction of sp³-hybridized carbons (Fsp3) is 0.292. The lowest BCUT2D eigenvalue weighted by Gasteiger charge is -2.35. The molecule has 11 heteroatoms. The Balaban J connectivity index is 1.34. The first-order valence-corrected chi connectivity index (χ1v) is 11.1. The molecule has 0 saturated carbocycles. The van der Waals surface area contributed by atoms with Gasteiger partial charge in [0.2, 0.25) is 0 Å². The first kappa shape index (κ1) is 22.4. The lowest BCUT2D eigenvalue weighted by molar-refractivity contribution is 0.0743. The van der Waals surface area contributed by atoms with Crippen molar-refractivity contribution in [2.75, 3.05) is 52.4 Å². The van der Waals surface area contributed by atoms with Gasteiger partial charge >= 0.3 is 0 Å². The molecule has 0 radical (unpaired) electrons. The molecule has 3 heterocycles. The topological polar surface area (TPSA) is 108 Å². The average Bonchev–Trinajstić information content (AvgIpc) is 3.37. The summed E-state index contributed by atoms with van der Waals surface area (Å²) in [6.45, 7) is 2.27. The summed E-state index contributed by atoms with van der Waals surface area (Å²) < 4.78 is 17.6. The molecule has 1 amide bonds. The van der Waals surface area contributed by atoms with Crippen LogP contribution in [0.25, 0.3) is 16.9 Å². The zero-order valence-electron chi connectivity index (χ0n) is 19.7. The first-order chi connectivity index (χ1) is 17.1. The Bertz CT molecular complexity index is 1350. The predicted octanol–water partition coefficient (Wildman–Crippen LogP) is 2.20. The number of piperazine rings is 1. The van der Waals surface area contributed by atoms with Crippen LogP contribution in [-0.2, 0) is 0 Å². The van der Waals surface area contributed by atoms with Gasteiger partial charge in [0.15, 0.2) is 17.0 Å².